The number of aryl methyl sites for hydroxylation is 1. The van der Waals surface area contributed by atoms with Gasteiger partial charge in [0.05, 0.1) is 5.01 Å². The number of thiazole rings is 1. The van der Waals surface area contributed by atoms with Crippen molar-refractivity contribution in [1.82, 2.24) is 4.98 Å². The molecule has 0 fully saturated rings. The van der Waals surface area contributed by atoms with Crippen LogP contribution in [0.2, 0.25) is 0 Å². The van der Waals surface area contributed by atoms with Crippen LogP contribution in [-0.4, -0.2) is 4.98 Å². The fraction of sp³-hybridized carbons (Fsp3) is 0.357. The summed E-state index contributed by atoms with van der Waals surface area (Å²) in [5.74, 6) is 0.481. The summed E-state index contributed by atoms with van der Waals surface area (Å²) in [5.41, 5.74) is 9.46. The molecular formula is C14H18N2S. The molecule has 2 aromatic rings. The van der Waals surface area contributed by atoms with Crippen LogP contribution >= 0.6 is 11.3 Å². The number of hydrogen-bond acceptors (Lipinski definition) is 3. The highest BCUT2D eigenvalue weighted by molar-refractivity contribution is 7.11. The van der Waals surface area contributed by atoms with Crippen molar-refractivity contribution < 1.29 is 0 Å². The van der Waals surface area contributed by atoms with Gasteiger partial charge in [0.2, 0.25) is 0 Å². The van der Waals surface area contributed by atoms with E-state index in [1.165, 1.54) is 16.0 Å². The van der Waals surface area contributed by atoms with Gasteiger partial charge in [-0.1, -0.05) is 26.0 Å². The molecule has 0 saturated heterocycles. The normalized spacial score (nSPS) is 11.1. The summed E-state index contributed by atoms with van der Waals surface area (Å²) in [6, 6.07) is 6.40. The molecule has 2 N–H and O–H groups in total. The minimum atomic E-state index is 0.481. The maximum atomic E-state index is 6.07. The summed E-state index contributed by atoms with van der Waals surface area (Å²) in [6.45, 7) is 6.36. The summed E-state index contributed by atoms with van der Waals surface area (Å²) in [5, 5.41) is 1.12. The van der Waals surface area contributed by atoms with Gasteiger partial charge in [0.1, 0.15) is 0 Å². The molecule has 0 aliphatic rings. The van der Waals surface area contributed by atoms with Gasteiger partial charge in [-0.2, -0.15) is 0 Å². The van der Waals surface area contributed by atoms with E-state index in [0.29, 0.717) is 5.92 Å². The van der Waals surface area contributed by atoms with Crippen molar-refractivity contribution in [3.8, 4) is 0 Å². The number of aromatic nitrogens is 1. The van der Waals surface area contributed by atoms with E-state index in [1.807, 2.05) is 13.1 Å². The number of nitrogens with zero attached hydrogens (tertiary/aromatic N) is 1. The SMILES string of the molecule is Cc1ncc(Cc2ccc(C(C)C)c(N)c2)s1. The molecule has 0 saturated carbocycles. The molecule has 0 aliphatic carbocycles. The lowest BCUT2D eigenvalue weighted by atomic mass is 9.98. The molecule has 0 unspecified atom stereocenters. The third-order valence-corrected chi connectivity index (χ3v) is 3.73. The van der Waals surface area contributed by atoms with Crippen LogP contribution in [0.3, 0.4) is 0 Å². The van der Waals surface area contributed by atoms with E-state index in [1.54, 1.807) is 11.3 Å². The first-order chi connectivity index (χ1) is 8.06. The second-order valence-electron chi connectivity index (χ2n) is 4.64. The average molecular weight is 246 g/mol. The molecule has 0 aliphatic heterocycles. The second kappa shape index (κ2) is 4.88. The van der Waals surface area contributed by atoms with Crippen molar-refractivity contribution in [2.24, 2.45) is 0 Å². The summed E-state index contributed by atoms with van der Waals surface area (Å²) in [4.78, 5) is 5.56. The Labute approximate surface area is 107 Å². The third-order valence-electron chi connectivity index (χ3n) is 2.82. The maximum Gasteiger partial charge on any atom is 0.0896 e. The highest BCUT2D eigenvalue weighted by Crippen LogP contribution is 2.24. The number of hydrogen-bond donors (Lipinski definition) is 1. The Morgan fingerprint density at radius 2 is 2.12 bits per heavy atom. The van der Waals surface area contributed by atoms with E-state index < -0.39 is 0 Å². The molecule has 1 heterocycles. The predicted octanol–water partition coefficient (Wildman–Crippen LogP) is 3.75. The Morgan fingerprint density at radius 1 is 1.35 bits per heavy atom. The number of nitrogens with two attached hydrogens (primary N) is 1. The van der Waals surface area contributed by atoms with E-state index >= 15 is 0 Å². The molecule has 2 nitrogen and oxygen atoms in total. The van der Waals surface area contributed by atoms with E-state index in [-0.39, 0.29) is 0 Å². The molecule has 90 valence electrons. The van der Waals surface area contributed by atoms with Crippen LogP contribution in [-0.2, 0) is 6.42 Å². The Balaban J connectivity index is 2.20. The molecule has 0 atom stereocenters. The van der Waals surface area contributed by atoms with Crippen molar-refractivity contribution in [2.45, 2.75) is 33.1 Å². The Bertz CT molecular complexity index is 515. The van der Waals surface area contributed by atoms with Gasteiger partial charge < -0.3 is 5.73 Å². The monoisotopic (exact) mass is 246 g/mol. The van der Waals surface area contributed by atoms with Crippen LogP contribution in [0.15, 0.2) is 24.4 Å². The molecule has 1 aromatic carbocycles. The number of benzene rings is 1. The molecular weight excluding hydrogens is 228 g/mol. The molecule has 0 amide bonds. The average Bonchev–Trinajstić information content (AvgIpc) is 2.63. The summed E-state index contributed by atoms with van der Waals surface area (Å²) < 4.78 is 0. The van der Waals surface area contributed by atoms with Crippen molar-refractivity contribution in [3.05, 3.63) is 45.4 Å². The first-order valence-electron chi connectivity index (χ1n) is 5.86. The van der Waals surface area contributed by atoms with Crippen molar-refractivity contribution in [1.29, 1.82) is 0 Å². The van der Waals surface area contributed by atoms with Gasteiger partial charge in [-0.3, -0.25) is 0 Å². The van der Waals surface area contributed by atoms with E-state index in [2.05, 4.69) is 37.0 Å². The van der Waals surface area contributed by atoms with Crippen molar-refractivity contribution in [3.63, 3.8) is 0 Å². The minimum absolute atomic E-state index is 0.481. The summed E-state index contributed by atoms with van der Waals surface area (Å²) in [7, 11) is 0. The molecule has 2 rings (SSSR count). The third kappa shape index (κ3) is 2.86. The van der Waals surface area contributed by atoms with Gasteiger partial charge in [-0.15, -0.1) is 11.3 Å². The van der Waals surface area contributed by atoms with Gasteiger partial charge in [0, 0.05) is 23.2 Å². The van der Waals surface area contributed by atoms with Gasteiger partial charge in [0.25, 0.3) is 0 Å². The second-order valence-corrected chi connectivity index (χ2v) is 5.96. The van der Waals surface area contributed by atoms with Gasteiger partial charge in [0.15, 0.2) is 0 Å². The topological polar surface area (TPSA) is 38.9 Å². The first kappa shape index (κ1) is 12.1. The van der Waals surface area contributed by atoms with E-state index in [4.69, 9.17) is 5.73 Å². The molecule has 0 radical (unpaired) electrons. The van der Waals surface area contributed by atoms with Crippen LogP contribution in [0.25, 0.3) is 0 Å². The van der Waals surface area contributed by atoms with Crippen LogP contribution in [0, 0.1) is 6.92 Å². The Morgan fingerprint density at radius 3 is 2.65 bits per heavy atom. The zero-order valence-corrected chi connectivity index (χ0v) is 11.3. The molecule has 1 aromatic heterocycles. The van der Waals surface area contributed by atoms with E-state index in [0.717, 1.165) is 17.1 Å². The predicted molar refractivity (Wildman–Crippen MR) is 74.6 cm³/mol. The lowest BCUT2D eigenvalue weighted by molar-refractivity contribution is 0.869. The highest BCUT2D eigenvalue weighted by Gasteiger charge is 2.06. The van der Waals surface area contributed by atoms with Crippen LogP contribution in [0.1, 0.15) is 40.8 Å². The first-order valence-corrected chi connectivity index (χ1v) is 6.67. The standard InChI is InChI=1S/C14H18N2S/c1-9(2)13-5-4-11(7-14(13)15)6-12-8-16-10(3)17-12/h4-5,7-9H,6,15H2,1-3H3. The largest absolute Gasteiger partial charge is 0.398 e. The number of anilines is 1. The number of rotatable bonds is 3. The van der Waals surface area contributed by atoms with E-state index in [9.17, 15) is 0 Å². The van der Waals surface area contributed by atoms with Gasteiger partial charge in [-0.05, 0) is 30.0 Å². The van der Waals surface area contributed by atoms with Crippen molar-refractivity contribution >= 4 is 17.0 Å². The maximum absolute atomic E-state index is 6.07. The fourth-order valence-electron chi connectivity index (χ4n) is 1.95. The number of nitrogen functional groups attached to an aromatic ring is 1. The van der Waals surface area contributed by atoms with Crippen LogP contribution in [0.5, 0.6) is 0 Å². The quantitative estimate of drug-likeness (QED) is 0.838. The van der Waals surface area contributed by atoms with Crippen molar-refractivity contribution in [2.75, 3.05) is 5.73 Å². The van der Waals surface area contributed by atoms with Gasteiger partial charge >= 0.3 is 0 Å². The summed E-state index contributed by atoms with van der Waals surface area (Å²) >= 11 is 1.75. The lowest BCUT2D eigenvalue weighted by Crippen LogP contribution is -1.98. The smallest absolute Gasteiger partial charge is 0.0896 e. The van der Waals surface area contributed by atoms with Crippen LogP contribution in [0.4, 0.5) is 5.69 Å². The zero-order chi connectivity index (χ0) is 12.4. The molecule has 3 heteroatoms. The lowest BCUT2D eigenvalue weighted by Gasteiger charge is -2.10. The minimum Gasteiger partial charge on any atom is -0.398 e. The molecule has 17 heavy (non-hydrogen) atoms. The molecule has 0 spiro atoms. The summed E-state index contributed by atoms with van der Waals surface area (Å²) in [6.07, 6.45) is 2.88. The highest BCUT2D eigenvalue weighted by atomic mass is 32.1. The van der Waals surface area contributed by atoms with Gasteiger partial charge in [-0.25, -0.2) is 4.98 Å². The zero-order valence-electron chi connectivity index (χ0n) is 10.5. The van der Waals surface area contributed by atoms with Crippen LogP contribution < -0.4 is 5.73 Å². The molecule has 0 bridgehead atoms. The fourth-order valence-corrected chi connectivity index (χ4v) is 2.78. The Kier molecular flexibility index (Phi) is 3.48. The Hall–Kier alpha value is -1.35.